The predicted molar refractivity (Wildman–Crippen MR) is 64.3 cm³/mol. The van der Waals surface area contributed by atoms with Gasteiger partial charge in [0, 0.05) is 0 Å². The van der Waals surface area contributed by atoms with E-state index >= 15 is 0 Å². The van der Waals surface area contributed by atoms with E-state index in [-0.39, 0.29) is 11.5 Å². The summed E-state index contributed by atoms with van der Waals surface area (Å²) in [6.45, 7) is 3.98. The lowest BCUT2D eigenvalue weighted by Gasteiger charge is -2.07. The molecule has 2 aromatic heterocycles. The largest absolute Gasteiger partial charge is 0.472 e. The van der Waals surface area contributed by atoms with Crippen molar-refractivity contribution in [3.05, 3.63) is 39.1 Å². The highest BCUT2D eigenvalue weighted by Crippen LogP contribution is 2.22. The number of aromatic amines is 1. The predicted octanol–water partition coefficient (Wildman–Crippen LogP) is 2.92. The molecule has 0 fully saturated rings. The summed E-state index contributed by atoms with van der Waals surface area (Å²) in [7, 11) is 0. The maximum atomic E-state index is 11.7. The van der Waals surface area contributed by atoms with E-state index in [2.05, 4.69) is 25.9 Å². The molecule has 0 amide bonds. The molecule has 0 radical (unpaired) electrons. The van der Waals surface area contributed by atoms with Crippen molar-refractivity contribution in [2.24, 2.45) is 0 Å². The van der Waals surface area contributed by atoms with Crippen LogP contribution in [0.1, 0.15) is 25.5 Å². The Morgan fingerprint density at radius 3 is 2.81 bits per heavy atom. The van der Waals surface area contributed by atoms with Gasteiger partial charge < -0.3 is 9.40 Å². The normalized spacial score (nSPS) is 11.0. The number of H-pyrrole nitrogens is 1. The Morgan fingerprint density at radius 2 is 2.25 bits per heavy atom. The van der Waals surface area contributed by atoms with E-state index in [0.29, 0.717) is 10.3 Å². The van der Waals surface area contributed by atoms with Gasteiger partial charge in [0.2, 0.25) is 0 Å². The lowest BCUT2D eigenvalue weighted by molar-refractivity contribution is 0.568. The van der Waals surface area contributed by atoms with Crippen LogP contribution in [-0.4, -0.2) is 9.97 Å². The lowest BCUT2D eigenvalue weighted by Crippen LogP contribution is -2.14. The van der Waals surface area contributed by atoms with Crippen molar-refractivity contribution in [1.29, 1.82) is 0 Å². The summed E-state index contributed by atoms with van der Waals surface area (Å²) >= 11 is 3.25. The van der Waals surface area contributed by atoms with Crippen LogP contribution in [0, 0.1) is 0 Å². The molecular formula is C11H11BrN2O2. The van der Waals surface area contributed by atoms with Crippen LogP contribution in [0.4, 0.5) is 0 Å². The zero-order valence-corrected chi connectivity index (χ0v) is 10.5. The smallest absolute Gasteiger partial charge is 0.265 e. The zero-order valence-electron chi connectivity index (χ0n) is 8.95. The second-order valence-corrected chi connectivity index (χ2v) is 4.57. The van der Waals surface area contributed by atoms with Crippen LogP contribution in [0.15, 0.2) is 32.3 Å². The first-order valence-corrected chi connectivity index (χ1v) is 5.71. The first-order chi connectivity index (χ1) is 7.59. The van der Waals surface area contributed by atoms with E-state index in [4.69, 9.17) is 4.42 Å². The molecule has 16 heavy (non-hydrogen) atoms. The third-order valence-electron chi connectivity index (χ3n) is 2.23. The Hall–Kier alpha value is -1.36. The van der Waals surface area contributed by atoms with Crippen LogP contribution in [0.5, 0.6) is 0 Å². The quantitative estimate of drug-likeness (QED) is 0.921. The number of halogens is 1. The average molecular weight is 283 g/mol. The maximum absolute atomic E-state index is 11.7. The molecule has 2 rings (SSSR count). The van der Waals surface area contributed by atoms with Crippen LogP contribution in [0.2, 0.25) is 0 Å². The van der Waals surface area contributed by atoms with Crippen LogP contribution < -0.4 is 5.56 Å². The van der Waals surface area contributed by atoms with Gasteiger partial charge in [0.1, 0.15) is 16.6 Å². The third-order valence-corrected chi connectivity index (χ3v) is 3.00. The average Bonchev–Trinajstić information content (AvgIpc) is 2.74. The Balaban J connectivity index is 2.62. The molecule has 0 aromatic carbocycles. The van der Waals surface area contributed by atoms with Crippen molar-refractivity contribution in [2.45, 2.75) is 19.8 Å². The SMILES string of the molecule is CC(C)c1nc(-c2ccoc2)[nH]c(=O)c1Br. The number of hydrogen-bond donors (Lipinski definition) is 1. The highest BCUT2D eigenvalue weighted by Gasteiger charge is 2.13. The van der Waals surface area contributed by atoms with Crippen molar-refractivity contribution in [1.82, 2.24) is 9.97 Å². The number of furan rings is 1. The second kappa shape index (κ2) is 4.25. The topological polar surface area (TPSA) is 58.9 Å². The molecule has 0 unspecified atom stereocenters. The van der Waals surface area contributed by atoms with Crippen LogP contribution in [-0.2, 0) is 0 Å². The van der Waals surface area contributed by atoms with Crippen molar-refractivity contribution >= 4 is 15.9 Å². The molecule has 84 valence electrons. The van der Waals surface area contributed by atoms with Gasteiger partial charge in [0.25, 0.3) is 5.56 Å². The molecule has 0 saturated heterocycles. The number of hydrogen-bond acceptors (Lipinski definition) is 3. The van der Waals surface area contributed by atoms with Gasteiger partial charge in [-0.15, -0.1) is 0 Å². The van der Waals surface area contributed by atoms with E-state index < -0.39 is 0 Å². The van der Waals surface area contributed by atoms with Gasteiger partial charge in [0.15, 0.2) is 0 Å². The number of nitrogens with one attached hydrogen (secondary N) is 1. The standard InChI is InChI=1S/C11H11BrN2O2/c1-6(2)9-8(12)11(15)14-10(13-9)7-3-4-16-5-7/h3-6H,1-2H3,(H,13,14,15). The minimum absolute atomic E-state index is 0.171. The highest BCUT2D eigenvalue weighted by molar-refractivity contribution is 9.10. The summed E-state index contributed by atoms with van der Waals surface area (Å²) in [5, 5.41) is 0. The van der Waals surface area contributed by atoms with Gasteiger partial charge in [-0.1, -0.05) is 13.8 Å². The van der Waals surface area contributed by atoms with Crippen molar-refractivity contribution < 1.29 is 4.42 Å². The first-order valence-electron chi connectivity index (χ1n) is 4.92. The van der Waals surface area contributed by atoms with Crippen molar-refractivity contribution in [3.63, 3.8) is 0 Å². The number of nitrogens with zero attached hydrogens (tertiary/aromatic N) is 1. The molecule has 0 aliphatic rings. The molecule has 4 nitrogen and oxygen atoms in total. The van der Waals surface area contributed by atoms with Gasteiger partial charge in [0.05, 0.1) is 17.5 Å². The molecule has 0 atom stereocenters. The number of aromatic nitrogens is 2. The molecule has 0 saturated carbocycles. The Morgan fingerprint density at radius 1 is 1.50 bits per heavy atom. The summed E-state index contributed by atoms with van der Waals surface area (Å²) in [6.07, 6.45) is 3.10. The third kappa shape index (κ3) is 1.95. The number of rotatable bonds is 2. The Labute approximate surface area is 101 Å². The minimum atomic E-state index is -0.171. The summed E-state index contributed by atoms with van der Waals surface area (Å²) < 4.78 is 5.46. The van der Waals surface area contributed by atoms with E-state index in [0.717, 1.165) is 11.3 Å². The van der Waals surface area contributed by atoms with Crippen molar-refractivity contribution in [2.75, 3.05) is 0 Å². The Bertz CT molecular complexity index is 544. The van der Waals surface area contributed by atoms with Crippen LogP contribution in [0.25, 0.3) is 11.4 Å². The van der Waals surface area contributed by atoms with E-state index in [1.54, 1.807) is 18.6 Å². The molecular weight excluding hydrogens is 272 g/mol. The molecule has 1 N–H and O–H groups in total. The van der Waals surface area contributed by atoms with Gasteiger partial charge in [-0.3, -0.25) is 4.79 Å². The molecule has 0 bridgehead atoms. The minimum Gasteiger partial charge on any atom is -0.472 e. The highest BCUT2D eigenvalue weighted by atomic mass is 79.9. The van der Waals surface area contributed by atoms with Gasteiger partial charge in [-0.2, -0.15) is 0 Å². The monoisotopic (exact) mass is 282 g/mol. The second-order valence-electron chi connectivity index (χ2n) is 3.78. The fourth-order valence-electron chi connectivity index (χ4n) is 1.39. The molecule has 0 aliphatic heterocycles. The van der Waals surface area contributed by atoms with Crippen molar-refractivity contribution in [3.8, 4) is 11.4 Å². The summed E-state index contributed by atoms with van der Waals surface area (Å²) in [5.41, 5.74) is 1.35. The Kier molecular flexibility index (Phi) is 2.96. The van der Waals surface area contributed by atoms with Crippen LogP contribution >= 0.6 is 15.9 Å². The molecule has 2 heterocycles. The maximum Gasteiger partial charge on any atom is 0.265 e. The van der Waals surface area contributed by atoms with E-state index in [1.807, 2.05) is 13.8 Å². The summed E-state index contributed by atoms with van der Waals surface area (Å²) in [6, 6.07) is 1.76. The fourth-order valence-corrected chi connectivity index (χ4v) is 2.04. The lowest BCUT2D eigenvalue weighted by atomic mass is 10.1. The molecule has 2 aromatic rings. The van der Waals surface area contributed by atoms with Gasteiger partial charge in [-0.05, 0) is 27.9 Å². The summed E-state index contributed by atoms with van der Waals surface area (Å²) in [5.74, 6) is 0.716. The first kappa shape index (κ1) is 11.1. The van der Waals surface area contributed by atoms with Gasteiger partial charge >= 0.3 is 0 Å². The molecule has 0 spiro atoms. The van der Waals surface area contributed by atoms with E-state index in [1.165, 1.54) is 0 Å². The fraction of sp³-hybridized carbons (Fsp3) is 0.273. The summed E-state index contributed by atoms with van der Waals surface area (Å²) in [4.78, 5) is 18.8. The molecule has 0 aliphatic carbocycles. The van der Waals surface area contributed by atoms with Crippen LogP contribution in [0.3, 0.4) is 0 Å². The zero-order chi connectivity index (χ0) is 11.7. The van der Waals surface area contributed by atoms with E-state index in [9.17, 15) is 4.79 Å². The van der Waals surface area contributed by atoms with Gasteiger partial charge in [-0.25, -0.2) is 4.98 Å². The molecule has 5 heteroatoms.